The van der Waals surface area contributed by atoms with E-state index in [-0.39, 0.29) is 6.10 Å². The predicted molar refractivity (Wildman–Crippen MR) is 67.1 cm³/mol. The molecule has 0 bridgehead atoms. The Morgan fingerprint density at radius 1 is 1.22 bits per heavy atom. The van der Waals surface area contributed by atoms with E-state index in [1.165, 1.54) is 0 Å². The average molecular weight is 248 g/mol. The molecule has 0 saturated heterocycles. The monoisotopic (exact) mass is 248 g/mol. The molecule has 5 heteroatoms. The maximum Gasteiger partial charge on any atom is 0.161 e. The quantitative estimate of drug-likeness (QED) is 0.856. The highest BCUT2D eigenvalue weighted by atomic mass is 16.6. The van der Waals surface area contributed by atoms with E-state index in [1.54, 1.807) is 0 Å². The summed E-state index contributed by atoms with van der Waals surface area (Å²) >= 11 is 0. The molecule has 1 unspecified atom stereocenters. The molecule has 2 aliphatic heterocycles. The zero-order valence-corrected chi connectivity index (χ0v) is 10.1. The number of hydrogen-bond donors (Lipinski definition) is 1. The molecule has 2 aliphatic rings. The first kappa shape index (κ1) is 11.3. The summed E-state index contributed by atoms with van der Waals surface area (Å²) < 4.78 is 11.2. The molecule has 1 atom stereocenters. The van der Waals surface area contributed by atoms with Crippen molar-refractivity contribution in [1.82, 2.24) is 0 Å². The summed E-state index contributed by atoms with van der Waals surface area (Å²) in [4.78, 5) is 5.23. The number of benzene rings is 1. The van der Waals surface area contributed by atoms with Crippen LogP contribution >= 0.6 is 0 Å². The number of ether oxygens (including phenoxy) is 2. The molecule has 2 heterocycles. The van der Waals surface area contributed by atoms with Crippen LogP contribution in [0.5, 0.6) is 11.5 Å². The molecule has 5 nitrogen and oxygen atoms in total. The lowest BCUT2D eigenvalue weighted by Gasteiger charge is -2.08. The molecular formula is C13H16N2O3. The van der Waals surface area contributed by atoms with Gasteiger partial charge in [0.25, 0.3) is 0 Å². The van der Waals surface area contributed by atoms with Crippen LogP contribution in [0.25, 0.3) is 0 Å². The van der Waals surface area contributed by atoms with Gasteiger partial charge >= 0.3 is 0 Å². The van der Waals surface area contributed by atoms with Crippen LogP contribution in [0.1, 0.15) is 18.4 Å². The van der Waals surface area contributed by atoms with Crippen molar-refractivity contribution in [3.63, 3.8) is 0 Å². The van der Waals surface area contributed by atoms with E-state index in [9.17, 15) is 0 Å². The lowest BCUT2D eigenvalue weighted by atomic mass is 10.0. The smallest absolute Gasteiger partial charge is 0.161 e. The lowest BCUT2D eigenvalue weighted by Crippen LogP contribution is -2.20. The topological polar surface area (TPSA) is 66.1 Å². The largest absolute Gasteiger partial charge is 0.490 e. The van der Waals surface area contributed by atoms with E-state index in [0.29, 0.717) is 19.8 Å². The number of nitrogens with two attached hydrogens (primary N) is 1. The van der Waals surface area contributed by atoms with Crippen LogP contribution in [0.3, 0.4) is 0 Å². The van der Waals surface area contributed by atoms with Crippen molar-refractivity contribution in [2.45, 2.75) is 18.9 Å². The van der Waals surface area contributed by atoms with Crippen molar-refractivity contribution in [2.24, 2.45) is 10.9 Å². The zero-order valence-electron chi connectivity index (χ0n) is 10.1. The maximum absolute atomic E-state index is 5.66. The highest BCUT2D eigenvalue weighted by Crippen LogP contribution is 2.31. The van der Waals surface area contributed by atoms with Gasteiger partial charge in [-0.3, -0.25) is 0 Å². The standard InChI is InChI=1S/C13H16N2O3/c14-8-10-7-11(15-18-10)9-2-3-12-13(6-9)17-5-1-4-16-12/h2-3,6,10H,1,4-5,7-8,14H2. The minimum atomic E-state index is -0.00372. The fourth-order valence-corrected chi connectivity index (χ4v) is 2.07. The number of rotatable bonds is 2. The van der Waals surface area contributed by atoms with E-state index in [4.69, 9.17) is 20.0 Å². The van der Waals surface area contributed by atoms with Gasteiger partial charge in [0.1, 0.15) is 6.10 Å². The molecule has 18 heavy (non-hydrogen) atoms. The van der Waals surface area contributed by atoms with Crippen molar-refractivity contribution in [1.29, 1.82) is 0 Å². The first-order valence-corrected chi connectivity index (χ1v) is 6.19. The Bertz CT molecular complexity index is 473. The highest BCUT2D eigenvalue weighted by Gasteiger charge is 2.22. The molecule has 1 aromatic carbocycles. The molecule has 0 spiro atoms. The Labute approximate surface area is 106 Å². The molecule has 0 fully saturated rings. The van der Waals surface area contributed by atoms with Gasteiger partial charge in [0.15, 0.2) is 11.5 Å². The summed E-state index contributed by atoms with van der Waals surface area (Å²) in [6.07, 6.45) is 1.65. The third-order valence-electron chi connectivity index (χ3n) is 3.08. The van der Waals surface area contributed by atoms with Gasteiger partial charge in [-0.15, -0.1) is 0 Å². The van der Waals surface area contributed by atoms with Gasteiger partial charge in [-0.2, -0.15) is 0 Å². The van der Waals surface area contributed by atoms with Gasteiger partial charge < -0.3 is 20.0 Å². The first-order valence-electron chi connectivity index (χ1n) is 6.19. The number of oxime groups is 1. The number of nitrogens with zero attached hydrogens (tertiary/aromatic N) is 1. The summed E-state index contributed by atoms with van der Waals surface area (Å²) in [5.41, 5.74) is 7.49. The fraction of sp³-hybridized carbons (Fsp3) is 0.462. The van der Waals surface area contributed by atoms with Gasteiger partial charge in [0, 0.05) is 24.9 Å². The van der Waals surface area contributed by atoms with Crippen LogP contribution in [-0.4, -0.2) is 31.6 Å². The van der Waals surface area contributed by atoms with Gasteiger partial charge in [-0.05, 0) is 18.2 Å². The number of hydrogen-bond acceptors (Lipinski definition) is 5. The van der Waals surface area contributed by atoms with Gasteiger partial charge in [-0.25, -0.2) is 0 Å². The summed E-state index contributed by atoms with van der Waals surface area (Å²) in [5.74, 6) is 1.58. The Kier molecular flexibility index (Phi) is 3.06. The highest BCUT2D eigenvalue weighted by molar-refractivity contribution is 6.01. The van der Waals surface area contributed by atoms with Gasteiger partial charge in [-0.1, -0.05) is 5.16 Å². The van der Waals surface area contributed by atoms with Crippen LogP contribution in [0.15, 0.2) is 23.4 Å². The lowest BCUT2D eigenvalue weighted by molar-refractivity contribution is 0.0918. The van der Waals surface area contributed by atoms with Crippen LogP contribution in [0.4, 0.5) is 0 Å². The van der Waals surface area contributed by atoms with E-state index < -0.39 is 0 Å². The minimum absolute atomic E-state index is 0.00372. The van der Waals surface area contributed by atoms with E-state index in [2.05, 4.69) is 5.16 Å². The molecule has 2 N–H and O–H groups in total. The van der Waals surface area contributed by atoms with Crippen molar-refractivity contribution in [3.8, 4) is 11.5 Å². The predicted octanol–water partition coefficient (Wildman–Crippen LogP) is 1.30. The normalized spacial score (nSPS) is 22.1. The molecule has 0 aliphatic carbocycles. The average Bonchev–Trinajstić information content (AvgIpc) is 2.76. The van der Waals surface area contributed by atoms with Crippen LogP contribution in [-0.2, 0) is 4.84 Å². The molecular weight excluding hydrogens is 232 g/mol. The molecule has 96 valence electrons. The summed E-state index contributed by atoms with van der Waals surface area (Å²) in [5, 5.41) is 4.07. The maximum atomic E-state index is 5.66. The van der Waals surface area contributed by atoms with Gasteiger partial charge in [0.2, 0.25) is 0 Å². The fourth-order valence-electron chi connectivity index (χ4n) is 2.07. The molecule has 0 aromatic heterocycles. The summed E-state index contributed by atoms with van der Waals surface area (Å²) in [6, 6.07) is 5.87. The zero-order chi connectivity index (χ0) is 12.4. The molecule has 0 amide bonds. The second kappa shape index (κ2) is 4.86. The second-order valence-corrected chi connectivity index (χ2v) is 4.42. The summed E-state index contributed by atoms with van der Waals surface area (Å²) in [7, 11) is 0. The summed E-state index contributed by atoms with van der Waals surface area (Å²) in [6.45, 7) is 1.87. The second-order valence-electron chi connectivity index (χ2n) is 4.42. The molecule has 0 saturated carbocycles. The van der Waals surface area contributed by atoms with Crippen molar-refractivity contribution >= 4 is 5.71 Å². The third-order valence-corrected chi connectivity index (χ3v) is 3.08. The Morgan fingerprint density at radius 3 is 2.83 bits per heavy atom. The Hall–Kier alpha value is -1.75. The molecule has 3 rings (SSSR count). The van der Waals surface area contributed by atoms with Crippen LogP contribution in [0.2, 0.25) is 0 Å². The van der Waals surface area contributed by atoms with E-state index >= 15 is 0 Å². The van der Waals surface area contributed by atoms with Crippen molar-refractivity contribution in [2.75, 3.05) is 19.8 Å². The van der Waals surface area contributed by atoms with Crippen LogP contribution < -0.4 is 15.2 Å². The van der Waals surface area contributed by atoms with Crippen molar-refractivity contribution in [3.05, 3.63) is 23.8 Å². The number of fused-ring (bicyclic) bond motifs is 1. The Balaban J connectivity index is 1.84. The van der Waals surface area contributed by atoms with Crippen LogP contribution in [0, 0.1) is 0 Å². The van der Waals surface area contributed by atoms with E-state index in [0.717, 1.165) is 35.6 Å². The minimum Gasteiger partial charge on any atom is -0.490 e. The molecule has 0 radical (unpaired) electrons. The first-order chi connectivity index (χ1) is 8.86. The van der Waals surface area contributed by atoms with Gasteiger partial charge in [0.05, 0.1) is 18.9 Å². The van der Waals surface area contributed by atoms with Crippen molar-refractivity contribution < 1.29 is 14.3 Å². The van der Waals surface area contributed by atoms with E-state index in [1.807, 2.05) is 18.2 Å². The molecule has 1 aromatic rings. The Morgan fingerprint density at radius 2 is 2.06 bits per heavy atom. The SMILES string of the molecule is NCC1CC(c2ccc3c(c2)OCCCO3)=NO1. The third kappa shape index (κ3) is 2.13.